The lowest BCUT2D eigenvalue weighted by Crippen LogP contribution is -2.48. The number of hydrogen-bond donors (Lipinski definition) is 2. The number of rotatable bonds is 6. The molecule has 2 N–H and O–H groups in total. The van der Waals surface area contributed by atoms with E-state index in [1.54, 1.807) is 0 Å². The second-order valence-electron chi connectivity index (χ2n) is 6.22. The van der Waals surface area contributed by atoms with Crippen LogP contribution in [0, 0.1) is 11.8 Å². The largest absolute Gasteiger partial charge is 0.461 e. The molecule has 0 aromatic rings. The molecule has 5 heteroatoms. The molecule has 0 aromatic carbocycles. The Morgan fingerprint density at radius 1 is 1.30 bits per heavy atom. The molecule has 20 heavy (non-hydrogen) atoms. The molecule has 0 spiro atoms. The third-order valence-corrected chi connectivity index (χ3v) is 3.33. The summed E-state index contributed by atoms with van der Waals surface area (Å²) < 4.78 is 5.23. The van der Waals surface area contributed by atoms with E-state index in [4.69, 9.17) is 4.74 Å². The van der Waals surface area contributed by atoms with Gasteiger partial charge in [-0.25, -0.2) is 4.79 Å². The highest BCUT2D eigenvalue weighted by Crippen LogP contribution is 2.13. The molecular formula is C15H28N2O3. The van der Waals surface area contributed by atoms with Gasteiger partial charge in [-0.05, 0) is 45.6 Å². The van der Waals surface area contributed by atoms with Crippen molar-refractivity contribution in [3.8, 4) is 0 Å². The SMILES string of the molecule is CC(C)C[C@H](NC(=O)C1CCCNC1)C(=O)OC(C)C. The summed E-state index contributed by atoms with van der Waals surface area (Å²) in [5.74, 6) is -0.0795. The van der Waals surface area contributed by atoms with Crippen LogP contribution < -0.4 is 10.6 Å². The van der Waals surface area contributed by atoms with Gasteiger partial charge in [0.05, 0.1) is 12.0 Å². The number of esters is 1. The Hall–Kier alpha value is -1.10. The zero-order valence-corrected chi connectivity index (χ0v) is 13.1. The molecule has 2 atom stereocenters. The van der Waals surface area contributed by atoms with Crippen LogP contribution in [0.25, 0.3) is 0 Å². The number of ether oxygens (including phenoxy) is 1. The minimum Gasteiger partial charge on any atom is -0.461 e. The van der Waals surface area contributed by atoms with Gasteiger partial charge in [0.2, 0.25) is 5.91 Å². The first-order chi connectivity index (χ1) is 9.40. The maximum atomic E-state index is 12.2. The Morgan fingerprint density at radius 3 is 2.50 bits per heavy atom. The number of piperidine rings is 1. The van der Waals surface area contributed by atoms with Gasteiger partial charge in [0.15, 0.2) is 0 Å². The lowest BCUT2D eigenvalue weighted by atomic mass is 9.97. The highest BCUT2D eigenvalue weighted by molar-refractivity contribution is 5.86. The molecule has 0 aliphatic carbocycles. The predicted molar refractivity (Wildman–Crippen MR) is 78.2 cm³/mol. The van der Waals surface area contributed by atoms with Crippen LogP contribution in [0.3, 0.4) is 0 Å². The van der Waals surface area contributed by atoms with Crippen molar-refractivity contribution in [1.82, 2.24) is 10.6 Å². The van der Waals surface area contributed by atoms with Gasteiger partial charge in [-0.3, -0.25) is 4.79 Å². The van der Waals surface area contributed by atoms with Crippen LogP contribution in [0.5, 0.6) is 0 Å². The number of amides is 1. The second-order valence-corrected chi connectivity index (χ2v) is 6.22. The maximum Gasteiger partial charge on any atom is 0.328 e. The summed E-state index contributed by atoms with van der Waals surface area (Å²) in [4.78, 5) is 24.3. The monoisotopic (exact) mass is 284 g/mol. The fraction of sp³-hybridized carbons (Fsp3) is 0.867. The first-order valence-corrected chi connectivity index (χ1v) is 7.61. The third-order valence-electron chi connectivity index (χ3n) is 3.33. The maximum absolute atomic E-state index is 12.2. The van der Waals surface area contributed by atoms with Crippen LogP contribution >= 0.6 is 0 Å². The van der Waals surface area contributed by atoms with Gasteiger partial charge < -0.3 is 15.4 Å². The van der Waals surface area contributed by atoms with Gasteiger partial charge in [-0.2, -0.15) is 0 Å². The van der Waals surface area contributed by atoms with E-state index in [9.17, 15) is 9.59 Å². The number of carbonyl (C=O) groups excluding carboxylic acids is 2. The van der Waals surface area contributed by atoms with Gasteiger partial charge >= 0.3 is 5.97 Å². The predicted octanol–water partition coefficient (Wildman–Crippen LogP) is 1.47. The van der Waals surface area contributed by atoms with E-state index in [2.05, 4.69) is 10.6 Å². The molecule has 5 nitrogen and oxygen atoms in total. The van der Waals surface area contributed by atoms with Crippen molar-refractivity contribution < 1.29 is 14.3 Å². The summed E-state index contributed by atoms with van der Waals surface area (Å²) in [6.07, 6.45) is 2.33. The average Bonchev–Trinajstić information content (AvgIpc) is 2.37. The molecule has 1 saturated heterocycles. The molecule has 1 amide bonds. The fourth-order valence-electron chi connectivity index (χ4n) is 2.37. The molecule has 1 aliphatic heterocycles. The van der Waals surface area contributed by atoms with E-state index in [0.29, 0.717) is 18.9 Å². The zero-order chi connectivity index (χ0) is 15.1. The van der Waals surface area contributed by atoms with E-state index in [0.717, 1.165) is 19.4 Å². The molecule has 1 rings (SSSR count). The Bertz CT molecular complexity index is 323. The van der Waals surface area contributed by atoms with E-state index in [1.165, 1.54) is 0 Å². The van der Waals surface area contributed by atoms with Gasteiger partial charge in [0.1, 0.15) is 6.04 Å². The van der Waals surface area contributed by atoms with Crippen LogP contribution in [0.4, 0.5) is 0 Å². The smallest absolute Gasteiger partial charge is 0.328 e. The van der Waals surface area contributed by atoms with E-state index in [1.807, 2.05) is 27.7 Å². The average molecular weight is 284 g/mol. The molecular weight excluding hydrogens is 256 g/mol. The first kappa shape index (κ1) is 17.0. The molecule has 0 aromatic heterocycles. The summed E-state index contributed by atoms with van der Waals surface area (Å²) in [6, 6.07) is -0.535. The zero-order valence-electron chi connectivity index (χ0n) is 13.1. The minimum atomic E-state index is -0.535. The fourth-order valence-corrected chi connectivity index (χ4v) is 2.37. The topological polar surface area (TPSA) is 67.4 Å². The Balaban J connectivity index is 2.58. The van der Waals surface area contributed by atoms with E-state index in [-0.39, 0.29) is 23.9 Å². The van der Waals surface area contributed by atoms with Crippen molar-refractivity contribution in [3.63, 3.8) is 0 Å². The van der Waals surface area contributed by atoms with Crippen molar-refractivity contribution in [2.75, 3.05) is 13.1 Å². The van der Waals surface area contributed by atoms with Crippen molar-refractivity contribution >= 4 is 11.9 Å². The summed E-state index contributed by atoms with van der Waals surface area (Å²) in [6.45, 7) is 9.36. The van der Waals surface area contributed by atoms with Gasteiger partial charge in [0.25, 0.3) is 0 Å². The molecule has 116 valence electrons. The van der Waals surface area contributed by atoms with Gasteiger partial charge in [-0.1, -0.05) is 13.8 Å². The molecule has 1 aliphatic rings. The Morgan fingerprint density at radius 2 is 2.00 bits per heavy atom. The quantitative estimate of drug-likeness (QED) is 0.725. The van der Waals surface area contributed by atoms with Crippen molar-refractivity contribution in [2.24, 2.45) is 11.8 Å². The van der Waals surface area contributed by atoms with Crippen LogP contribution in [0.1, 0.15) is 47.0 Å². The van der Waals surface area contributed by atoms with Crippen molar-refractivity contribution in [1.29, 1.82) is 0 Å². The number of carbonyl (C=O) groups is 2. The lowest BCUT2D eigenvalue weighted by molar-refractivity contribution is -0.152. The Kier molecular flexibility index (Phi) is 6.99. The lowest BCUT2D eigenvalue weighted by Gasteiger charge is -2.26. The second kappa shape index (κ2) is 8.25. The van der Waals surface area contributed by atoms with Crippen LogP contribution in [-0.4, -0.2) is 37.1 Å². The number of nitrogens with one attached hydrogen (secondary N) is 2. The molecule has 0 radical (unpaired) electrons. The highest BCUT2D eigenvalue weighted by Gasteiger charge is 2.28. The first-order valence-electron chi connectivity index (χ1n) is 7.61. The molecule has 0 saturated carbocycles. The van der Waals surface area contributed by atoms with Gasteiger partial charge in [0, 0.05) is 6.54 Å². The Labute approximate surface area is 121 Å². The summed E-state index contributed by atoms with van der Waals surface area (Å²) in [5, 5.41) is 6.08. The molecule has 1 unspecified atom stereocenters. The molecule has 0 bridgehead atoms. The van der Waals surface area contributed by atoms with Crippen LogP contribution in [-0.2, 0) is 14.3 Å². The summed E-state index contributed by atoms with van der Waals surface area (Å²) in [7, 11) is 0. The molecule has 1 heterocycles. The highest BCUT2D eigenvalue weighted by atomic mass is 16.5. The van der Waals surface area contributed by atoms with Gasteiger partial charge in [-0.15, -0.1) is 0 Å². The normalized spacial score (nSPS) is 20.8. The number of hydrogen-bond acceptors (Lipinski definition) is 4. The van der Waals surface area contributed by atoms with Crippen LogP contribution in [0.15, 0.2) is 0 Å². The standard InChI is InChI=1S/C15H28N2O3/c1-10(2)8-13(15(19)20-11(3)4)17-14(18)12-6-5-7-16-9-12/h10-13,16H,5-9H2,1-4H3,(H,17,18)/t12?,13-/m0/s1. The van der Waals surface area contributed by atoms with E-state index >= 15 is 0 Å². The third kappa shape index (κ3) is 5.90. The van der Waals surface area contributed by atoms with E-state index < -0.39 is 6.04 Å². The summed E-state index contributed by atoms with van der Waals surface area (Å²) >= 11 is 0. The minimum absolute atomic E-state index is 0.0368. The van der Waals surface area contributed by atoms with Crippen molar-refractivity contribution in [3.05, 3.63) is 0 Å². The van der Waals surface area contributed by atoms with Crippen LogP contribution in [0.2, 0.25) is 0 Å². The molecule has 1 fully saturated rings. The summed E-state index contributed by atoms with van der Waals surface area (Å²) in [5.41, 5.74) is 0. The van der Waals surface area contributed by atoms with Crippen molar-refractivity contribution in [2.45, 2.75) is 59.1 Å².